The molecular weight excluding hydrogens is 354 g/mol. The lowest BCUT2D eigenvalue weighted by atomic mass is 10.2. The largest absolute Gasteiger partial charge is 0.492 e. The normalized spacial score (nSPS) is 15.9. The van der Waals surface area contributed by atoms with Crippen molar-refractivity contribution in [3.63, 3.8) is 0 Å². The number of ether oxygens (including phenoxy) is 1. The van der Waals surface area contributed by atoms with Crippen LogP contribution >= 0.6 is 15.9 Å². The fourth-order valence-corrected chi connectivity index (χ4v) is 3.93. The minimum atomic E-state index is -3.51. The number of benzene rings is 2. The summed E-state index contributed by atoms with van der Waals surface area (Å²) in [5, 5.41) is 0. The monoisotopic (exact) mass is 367 g/mol. The Labute approximate surface area is 132 Å². The molecule has 0 atom stereocenters. The fourth-order valence-electron chi connectivity index (χ4n) is 2.26. The minimum Gasteiger partial charge on any atom is -0.492 e. The molecule has 21 heavy (non-hydrogen) atoms. The molecule has 0 unspecified atom stereocenters. The SMILES string of the molecule is O=S(=O)(c1ccc(Br)cc1)N1CCOc2ccccc2C1. The van der Waals surface area contributed by atoms with E-state index in [4.69, 9.17) is 4.74 Å². The molecule has 0 amide bonds. The van der Waals surface area contributed by atoms with Crippen LogP contribution in [0.2, 0.25) is 0 Å². The van der Waals surface area contributed by atoms with Gasteiger partial charge in [-0.05, 0) is 30.3 Å². The highest BCUT2D eigenvalue weighted by Crippen LogP contribution is 2.26. The maximum Gasteiger partial charge on any atom is 0.243 e. The van der Waals surface area contributed by atoms with E-state index in [9.17, 15) is 8.42 Å². The van der Waals surface area contributed by atoms with Gasteiger partial charge in [-0.3, -0.25) is 0 Å². The van der Waals surface area contributed by atoms with E-state index in [-0.39, 0.29) is 0 Å². The van der Waals surface area contributed by atoms with E-state index in [1.54, 1.807) is 24.3 Å². The van der Waals surface area contributed by atoms with Crippen molar-refractivity contribution < 1.29 is 13.2 Å². The third kappa shape index (κ3) is 2.97. The molecule has 0 aromatic heterocycles. The summed E-state index contributed by atoms with van der Waals surface area (Å²) in [6.07, 6.45) is 0. The topological polar surface area (TPSA) is 46.6 Å². The summed E-state index contributed by atoms with van der Waals surface area (Å²) >= 11 is 3.31. The summed E-state index contributed by atoms with van der Waals surface area (Å²) in [6.45, 7) is 1.02. The zero-order valence-corrected chi connectivity index (χ0v) is 13.6. The van der Waals surface area contributed by atoms with E-state index in [0.717, 1.165) is 15.8 Å². The van der Waals surface area contributed by atoms with E-state index in [1.807, 2.05) is 24.3 Å². The Morgan fingerprint density at radius 2 is 1.76 bits per heavy atom. The van der Waals surface area contributed by atoms with Gasteiger partial charge in [-0.1, -0.05) is 34.1 Å². The predicted molar refractivity (Wildman–Crippen MR) is 83.7 cm³/mol. The molecule has 0 saturated carbocycles. The first-order valence-corrected chi connectivity index (χ1v) is 8.77. The van der Waals surface area contributed by atoms with Crippen LogP contribution in [-0.2, 0) is 16.6 Å². The van der Waals surface area contributed by atoms with Gasteiger partial charge in [0.25, 0.3) is 0 Å². The van der Waals surface area contributed by atoms with Gasteiger partial charge < -0.3 is 4.74 Å². The number of halogens is 1. The molecule has 0 aliphatic carbocycles. The molecule has 6 heteroatoms. The Morgan fingerprint density at radius 3 is 2.52 bits per heavy atom. The molecule has 0 radical (unpaired) electrons. The van der Waals surface area contributed by atoms with Crippen molar-refractivity contribution in [3.8, 4) is 5.75 Å². The molecule has 3 rings (SSSR count). The zero-order valence-electron chi connectivity index (χ0n) is 11.2. The van der Waals surface area contributed by atoms with Crippen LogP contribution in [0.25, 0.3) is 0 Å². The number of hydrogen-bond acceptors (Lipinski definition) is 3. The van der Waals surface area contributed by atoms with Gasteiger partial charge in [0.1, 0.15) is 12.4 Å². The number of hydrogen-bond donors (Lipinski definition) is 0. The maximum absolute atomic E-state index is 12.7. The third-order valence-corrected chi connectivity index (χ3v) is 5.76. The van der Waals surface area contributed by atoms with Gasteiger partial charge >= 0.3 is 0 Å². The van der Waals surface area contributed by atoms with Crippen LogP contribution in [0.15, 0.2) is 57.9 Å². The van der Waals surface area contributed by atoms with Crippen LogP contribution < -0.4 is 4.74 Å². The lowest BCUT2D eigenvalue weighted by Crippen LogP contribution is -2.32. The molecule has 1 heterocycles. The van der Waals surface area contributed by atoms with Crippen LogP contribution in [0.5, 0.6) is 5.75 Å². The quantitative estimate of drug-likeness (QED) is 0.819. The Kier molecular flexibility index (Phi) is 4.01. The van der Waals surface area contributed by atoms with Gasteiger partial charge in [0, 0.05) is 23.1 Å². The molecule has 2 aromatic rings. The summed E-state index contributed by atoms with van der Waals surface area (Å²) in [7, 11) is -3.51. The van der Waals surface area contributed by atoms with E-state index >= 15 is 0 Å². The van der Waals surface area contributed by atoms with Crippen molar-refractivity contribution in [3.05, 3.63) is 58.6 Å². The van der Waals surface area contributed by atoms with Crippen molar-refractivity contribution in [1.29, 1.82) is 0 Å². The van der Waals surface area contributed by atoms with Gasteiger partial charge in [0.2, 0.25) is 10.0 Å². The molecule has 0 fully saturated rings. The maximum atomic E-state index is 12.7. The standard InChI is InChI=1S/C15H14BrNO3S/c16-13-5-7-14(8-6-13)21(18,19)17-9-10-20-15-4-2-1-3-12(15)11-17/h1-8H,9-11H2. The average molecular weight is 368 g/mol. The number of rotatable bonds is 2. The van der Waals surface area contributed by atoms with Crippen LogP contribution in [0.4, 0.5) is 0 Å². The van der Waals surface area contributed by atoms with E-state index in [0.29, 0.717) is 24.6 Å². The van der Waals surface area contributed by atoms with Gasteiger partial charge in [-0.25, -0.2) is 8.42 Å². The van der Waals surface area contributed by atoms with Crippen molar-refractivity contribution >= 4 is 26.0 Å². The first-order chi connectivity index (χ1) is 10.1. The summed E-state index contributed by atoms with van der Waals surface area (Å²) in [6, 6.07) is 14.2. The second-order valence-corrected chi connectivity index (χ2v) is 7.60. The molecule has 4 nitrogen and oxygen atoms in total. The smallest absolute Gasteiger partial charge is 0.243 e. The number of sulfonamides is 1. The highest BCUT2D eigenvalue weighted by Gasteiger charge is 2.27. The molecule has 0 bridgehead atoms. The molecule has 0 spiro atoms. The fraction of sp³-hybridized carbons (Fsp3) is 0.200. The van der Waals surface area contributed by atoms with E-state index < -0.39 is 10.0 Å². The Balaban J connectivity index is 1.94. The van der Waals surface area contributed by atoms with Crippen molar-refractivity contribution in [2.45, 2.75) is 11.4 Å². The molecular formula is C15H14BrNO3S. The Hall–Kier alpha value is -1.37. The molecule has 110 valence electrons. The number of para-hydroxylation sites is 1. The second kappa shape index (κ2) is 5.79. The Bertz CT molecular complexity index is 744. The van der Waals surface area contributed by atoms with Crippen LogP contribution in [0.3, 0.4) is 0 Å². The van der Waals surface area contributed by atoms with Crippen molar-refractivity contribution in [2.24, 2.45) is 0 Å². The van der Waals surface area contributed by atoms with Gasteiger partial charge in [0.15, 0.2) is 0 Å². The third-order valence-electron chi connectivity index (χ3n) is 3.37. The van der Waals surface area contributed by atoms with Crippen LogP contribution in [-0.4, -0.2) is 25.9 Å². The number of nitrogens with zero attached hydrogens (tertiary/aromatic N) is 1. The first-order valence-electron chi connectivity index (χ1n) is 6.54. The molecule has 0 saturated heterocycles. The Morgan fingerprint density at radius 1 is 1.05 bits per heavy atom. The summed E-state index contributed by atoms with van der Waals surface area (Å²) < 4.78 is 33.4. The van der Waals surface area contributed by atoms with Crippen LogP contribution in [0.1, 0.15) is 5.56 Å². The van der Waals surface area contributed by atoms with E-state index in [1.165, 1.54) is 4.31 Å². The highest BCUT2D eigenvalue weighted by molar-refractivity contribution is 9.10. The molecule has 2 aromatic carbocycles. The van der Waals surface area contributed by atoms with E-state index in [2.05, 4.69) is 15.9 Å². The second-order valence-electron chi connectivity index (χ2n) is 4.75. The molecule has 0 N–H and O–H groups in total. The van der Waals surface area contributed by atoms with Gasteiger partial charge in [0.05, 0.1) is 4.90 Å². The van der Waals surface area contributed by atoms with Crippen LogP contribution in [0, 0.1) is 0 Å². The lowest BCUT2D eigenvalue weighted by Gasteiger charge is -2.19. The van der Waals surface area contributed by atoms with Crippen molar-refractivity contribution in [2.75, 3.05) is 13.2 Å². The summed E-state index contributed by atoms with van der Waals surface area (Å²) in [5.74, 6) is 0.756. The first kappa shape index (κ1) is 14.6. The summed E-state index contributed by atoms with van der Waals surface area (Å²) in [5.41, 5.74) is 0.885. The number of fused-ring (bicyclic) bond motifs is 1. The molecule has 1 aliphatic rings. The highest BCUT2D eigenvalue weighted by atomic mass is 79.9. The van der Waals surface area contributed by atoms with Gasteiger partial charge in [-0.15, -0.1) is 0 Å². The average Bonchev–Trinajstić information content (AvgIpc) is 2.70. The zero-order chi connectivity index (χ0) is 14.9. The van der Waals surface area contributed by atoms with Gasteiger partial charge in [-0.2, -0.15) is 4.31 Å². The predicted octanol–water partition coefficient (Wildman–Crippen LogP) is 3.03. The summed E-state index contributed by atoms with van der Waals surface area (Å²) in [4.78, 5) is 0.296. The molecule has 1 aliphatic heterocycles. The van der Waals surface area contributed by atoms with Crippen molar-refractivity contribution in [1.82, 2.24) is 4.31 Å². The lowest BCUT2D eigenvalue weighted by molar-refractivity contribution is 0.293. The minimum absolute atomic E-state index is 0.296.